The molecule has 0 bridgehead atoms. The lowest BCUT2D eigenvalue weighted by molar-refractivity contribution is 0.497. The zero-order valence-electron chi connectivity index (χ0n) is 8.13. The van der Waals surface area contributed by atoms with Gasteiger partial charge in [0.25, 0.3) is 5.56 Å². The van der Waals surface area contributed by atoms with Crippen molar-refractivity contribution in [3.63, 3.8) is 0 Å². The number of hydrogen-bond acceptors (Lipinski definition) is 2. The molecular weight excluding hydrogens is 267 g/mol. The van der Waals surface area contributed by atoms with Gasteiger partial charge in [-0.25, -0.2) is 4.98 Å². The molecule has 0 aliphatic carbocycles. The second kappa shape index (κ2) is 4.94. The van der Waals surface area contributed by atoms with Gasteiger partial charge in [-0.3, -0.25) is 9.36 Å². The maximum Gasteiger partial charge on any atom is 0.267 e. The van der Waals surface area contributed by atoms with Crippen LogP contribution in [0, 0.1) is 12.8 Å². The lowest BCUT2D eigenvalue weighted by atomic mass is 10.2. The number of rotatable bonds is 3. The largest absolute Gasteiger partial charge is 0.296 e. The van der Waals surface area contributed by atoms with Crippen LogP contribution in [0.4, 0.5) is 0 Å². The Balaban J connectivity index is 3.07. The van der Waals surface area contributed by atoms with E-state index in [2.05, 4.69) is 20.9 Å². The van der Waals surface area contributed by atoms with Crippen molar-refractivity contribution in [1.82, 2.24) is 9.55 Å². The molecule has 1 rings (SSSR count). The van der Waals surface area contributed by atoms with Crippen LogP contribution in [-0.4, -0.2) is 15.4 Å². The number of alkyl halides is 1. The first kappa shape index (κ1) is 11.7. The van der Waals surface area contributed by atoms with Crippen LogP contribution in [0.2, 0.25) is 0 Å². The van der Waals surface area contributed by atoms with Gasteiger partial charge in [-0.2, -0.15) is 0 Å². The van der Waals surface area contributed by atoms with Crippen molar-refractivity contribution in [3.8, 4) is 0 Å². The van der Waals surface area contributed by atoms with E-state index in [1.807, 2.05) is 13.8 Å². The fourth-order valence-corrected chi connectivity index (χ4v) is 1.54. The van der Waals surface area contributed by atoms with E-state index in [-0.39, 0.29) is 11.5 Å². The van der Waals surface area contributed by atoms with Crippen molar-refractivity contribution in [1.29, 1.82) is 0 Å². The minimum atomic E-state index is -0.0468. The summed E-state index contributed by atoms with van der Waals surface area (Å²) in [4.78, 5) is 15.8. The molecule has 0 aliphatic rings. The number of halogens is 2. The van der Waals surface area contributed by atoms with E-state index < -0.39 is 0 Å². The van der Waals surface area contributed by atoms with Crippen LogP contribution in [-0.2, 0) is 6.54 Å². The van der Waals surface area contributed by atoms with Crippen molar-refractivity contribution >= 4 is 27.5 Å². The molecule has 0 N–H and O–H groups in total. The maximum absolute atomic E-state index is 11.7. The summed E-state index contributed by atoms with van der Waals surface area (Å²) >= 11 is 8.86. The van der Waals surface area contributed by atoms with Gasteiger partial charge in [0.15, 0.2) is 0 Å². The van der Waals surface area contributed by atoms with E-state index in [9.17, 15) is 4.79 Å². The van der Waals surface area contributed by atoms with Crippen LogP contribution >= 0.6 is 27.5 Å². The molecule has 14 heavy (non-hydrogen) atoms. The van der Waals surface area contributed by atoms with Crippen LogP contribution in [0.15, 0.2) is 15.5 Å². The smallest absolute Gasteiger partial charge is 0.267 e. The number of aryl methyl sites for hydroxylation is 1. The Morgan fingerprint density at radius 1 is 1.71 bits per heavy atom. The van der Waals surface area contributed by atoms with Gasteiger partial charge < -0.3 is 0 Å². The Morgan fingerprint density at radius 3 is 2.93 bits per heavy atom. The van der Waals surface area contributed by atoms with Crippen molar-refractivity contribution in [3.05, 3.63) is 26.8 Å². The summed E-state index contributed by atoms with van der Waals surface area (Å²) in [6.07, 6.45) is 1.53. The highest BCUT2D eigenvalue weighted by Crippen LogP contribution is 2.05. The van der Waals surface area contributed by atoms with Crippen molar-refractivity contribution < 1.29 is 0 Å². The average molecular weight is 280 g/mol. The summed E-state index contributed by atoms with van der Waals surface area (Å²) in [6.45, 7) is 4.43. The van der Waals surface area contributed by atoms with Crippen LogP contribution in [0.3, 0.4) is 0 Å². The third kappa shape index (κ3) is 2.58. The molecule has 1 aromatic rings. The molecule has 0 saturated heterocycles. The average Bonchev–Trinajstić information content (AvgIpc) is 2.18. The van der Waals surface area contributed by atoms with Gasteiger partial charge in [0.1, 0.15) is 10.3 Å². The molecular formula is C9H12BrClN2O. The van der Waals surface area contributed by atoms with E-state index >= 15 is 0 Å². The first-order chi connectivity index (χ1) is 6.56. The van der Waals surface area contributed by atoms with Crippen LogP contribution < -0.4 is 5.56 Å². The monoisotopic (exact) mass is 278 g/mol. The summed E-state index contributed by atoms with van der Waals surface area (Å²) in [5, 5.41) is 0. The molecule has 0 aromatic carbocycles. The van der Waals surface area contributed by atoms with Crippen LogP contribution in [0.5, 0.6) is 0 Å². The zero-order chi connectivity index (χ0) is 10.7. The Morgan fingerprint density at radius 2 is 2.36 bits per heavy atom. The lowest BCUT2D eigenvalue weighted by Gasteiger charge is -2.12. The first-order valence-corrected chi connectivity index (χ1v) is 5.67. The van der Waals surface area contributed by atoms with E-state index in [4.69, 9.17) is 11.6 Å². The first-order valence-electron chi connectivity index (χ1n) is 4.34. The van der Waals surface area contributed by atoms with Gasteiger partial charge in [-0.1, -0.05) is 6.92 Å². The van der Waals surface area contributed by atoms with Crippen LogP contribution in [0.1, 0.15) is 12.7 Å². The van der Waals surface area contributed by atoms with Gasteiger partial charge in [-0.05, 0) is 28.8 Å². The summed E-state index contributed by atoms with van der Waals surface area (Å²) in [6, 6.07) is 0. The Kier molecular flexibility index (Phi) is 4.13. The van der Waals surface area contributed by atoms with Gasteiger partial charge in [0.2, 0.25) is 0 Å². The van der Waals surface area contributed by atoms with Gasteiger partial charge in [0.05, 0.1) is 0 Å². The number of hydrogen-bond donors (Lipinski definition) is 0. The molecule has 1 heterocycles. The minimum absolute atomic E-state index is 0.0468. The topological polar surface area (TPSA) is 34.9 Å². The van der Waals surface area contributed by atoms with Crippen molar-refractivity contribution in [2.45, 2.75) is 20.4 Å². The Hall–Kier alpha value is -0.350. The maximum atomic E-state index is 11.7. The predicted molar refractivity (Wildman–Crippen MR) is 60.8 cm³/mol. The highest BCUT2D eigenvalue weighted by molar-refractivity contribution is 9.10. The zero-order valence-corrected chi connectivity index (χ0v) is 10.5. The quantitative estimate of drug-likeness (QED) is 0.795. The number of aromatic nitrogens is 2. The molecule has 0 radical (unpaired) electrons. The second-order valence-corrected chi connectivity index (χ2v) is 4.49. The number of nitrogens with zero attached hydrogens (tertiary/aromatic N) is 2. The molecule has 0 amide bonds. The molecule has 1 unspecified atom stereocenters. The molecule has 0 saturated carbocycles. The molecule has 1 aromatic heterocycles. The van der Waals surface area contributed by atoms with Crippen molar-refractivity contribution in [2.24, 2.45) is 5.92 Å². The highest BCUT2D eigenvalue weighted by Gasteiger charge is 2.08. The van der Waals surface area contributed by atoms with Crippen LogP contribution in [0.25, 0.3) is 0 Å². The molecule has 0 spiro atoms. The summed E-state index contributed by atoms with van der Waals surface area (Å²) < 4.78 is 2.13. The molecule has 78 valence electrons. The Labute approximate surface area is 96.2 Å². The van der Waals surface area contributed by atoms with E-state index in [0.29, 0.717) is 16.9 Å². The van der Waals surface area contributed by atoms with E-state index in [0.717, 1.165) is 5.82 Å². The SMILES string of the molecule is Cc1ncc(Br)c(=O)n1CC(C)CCl. The summed E-state index contributed by atoms with van der Waals surface area (Å²) in [7, 11) is 0. The molecule has 0 fully saturated rings. The van der Waals surface area contributed by atoms with E-state index in [1.165, 1.54) is 6.20 Å². The minimum Gasteiger partial charge on any atom is -0.296 e. The van der Waals surface area contributed by atoms with Gasteiger partial charge in [0, 0.05) is 18.6 Å². The Bertz CT molecular complexity index is 378. The molecule has 1 atom stereocenters. The summed E-state index contributed by atoms with van der Waals surface area (Å²) in [5.41, 5.74) is -0.0468. The summed E-state index contributed by atoms with van der Waals surface area (Å²) in [5.74, 6) is 1.53. The predicted octanol–water partition coefficient (Wildman–Crippen LogP) is 2.19. The second-order valence-electron chi connectivity index (χ2n) is 3.33. The fourth-order valence-electron chi connectivity index (χ4n) is 1.13. The van der Waals surface area contributed by atoms with Crippen molar-refractivity contribution in [2.75, 3.05) is 5.88 Å². The highest BCUT2D eigenvalue weighted by atomic mass is 79.9. The normalized spacial score (nSPS) is 12.9. The van der Waals surface area contributed by atoms with Gasteiger partial charge in [-0.15, -0.1) is 11.6 Å². The molecule has 5 heteroatoms. The standard InChI is InChI=1S/C9H12BrClN2O/c1-6(3-11)5-13-7(2)12-4-8(10)9(13)14/h4,6H,3,5H2,1-2H3. The molecule has 3 nitrogen and oxygen atoms in total. The third-order valence-corrected chi connectivity index (χ3v) is 3.03. The lowest BCUT2D eigenvalue weighted by Crippen LogP contribution is -2.27. The molecule has 0 aliphatic heterocycles. The third-order valence-electron chi connectivity index (χ3n) is 1.96. The fraction of sp³-hybridized carbons (Fsp3) is 0.556. The van der Waals surface area contributed by atoms with E-state index in [1.54, 1.807) is 4.57 Å². The van der Waals surface area contributed by atoms with Gasteiger partial charge >= 0.3 is 0 Å².